The van der Waals surface area contributed by atoms with Crippen LogP contribution in [-0.4, -0.2) is 47.2 Å². The van der Waals surface area contributed by atoms with Crippen molar-refractivity contribution < 1.29 is 29.0 Å². The van der Waals surface area contributed by atoms with Crippen LogP contribution in [0.2, 0.25) is 0 Å². The Labute approximate surface area is 244 Å². The van der Waals surface area contributed by atoms with Crippen molar-refractivity contribution in [3.63, 3.8) is 0 Å². The average Bonchev–Trinajstić information content (AvgIpc) is 2.92. The lowest BCUT2D eigenvalue weighted by atomic mass is 10.1. The lowest BCUT2D eigenvalue weighted by Gasteiger charge is -2.15. The van der Waals surface area contributed by atoms with Crippen LogP contribution < -0.4 is 0 Å². The number of carbonyl (C=O) groups is 3. The third-order valence-corrected chi connectivity index (χ3v) is 7.90. The molecule has 1 atom stereocenters. The van der Waals surface area contributed by atoms with E-state index >= 15 is 0 Å². The molecule has 0 aromatic carbocycles. The lowest BCUT2D eigenvalue weighted by molar-refractivity contribution is -0.161. The Kier molecular flexibility index (Phi) is 29.1. The highest BCUT2D eigenvalue weighted by atomic mass is 32.2. The number of esters is 2. The Morgan fingerprint density at radius 2 is 1.03 bits per heavy atom. The van der Waals surface area contributed by atoms with Crippen molar-refractivity contribution in [3.8, 4) is 0 Å². The first-order valence-corrected chi connectivity index (χ1v) is 17.1. The Hall–Kier alpha value is -1.08. The van der Waals surface area contributed by atoms with E-state index in [0.717, 1.165) is 50.7 Å². The molecule has 7 heteroatoms. The summed E-state index contributed by atoms with van der Waals surface area (Å²) in [5.41, 5.74) is 0. The standard InChI is InChI=1S/C32H60O6S/c1-3-4-5-6-7-8-12-16-19-22-25-32(36)38-30(27-33)28-37-31(35)24-21-18-15-13-10-9-11-14-17-20-23-26-39-29(2)34/h30,33H,3-28H2,1-2H3/t30-/m1/s1. The maximum absolute atomic E-state index is 12.0. The van der Waals surface area contributed by atoms with Crippen molar-refractivity contribution in [2.75, 3.05) is 19.0 Å². The normalized spacial score (nSPS) is 11.9. The van der Waals surface area contributed by atoms with E-state index in [2.05, 4.69) is 6.92 Å². The van der Waals surface area contributed by atoms with Crippen molar-refractivity contribution in [3.05, 3.63) is 0 Å². The summed E-state index contributed by atoms with van der Waals surface area (Å²) in [5, 5.41) is 9.69. The van der Waals surface area contributed by atoms with Crippen LogP contribution in [0.25, 0.3) is 0 Å². The van der Waals surface area contributed by atoms with Crippen molar-refractivity contribution in [2.24, 2.45) is 0 Å². The second-order valence-electron chi connectivity index (χ2n) is 10.9. The van der Waals surface area contributed by atoms with Crippen molar-refractivity contribution in [1.29, 1.82) is 0 Å². The van der Waals surface area contributed by atoms with Crippen LogP contribution in [0.1, 0.15) is 162 Å². The first-order valence-electron chi connectivity index (χ1n) is 16.1. The molecule has 0 aliphatic rings. The number of carbonyl (C=O) groups excluding carboxylic acids is 3. The molecule has 0 unspecified atom stereocenters. The number of aliphatic hydroxyl groups excluding tert-OH is 1. The molecule has 0 aliphatic heterocycles. The fourth-order valence-electron chi connectivity index (χ4n) is 4.56. The van der Waals surface area contributed by atoms with E-state index in [-0.39, 0.29) is 30.3 Å². The number of aliphatic hydroxyl groups is 1. The Bertz CT molecular complexity index is 583. The van der Waals surface area contributed by atoms with Gasteiger partial charge >= 0.3 is 11.9 Å². The highest BCUT2D eigenvalue weighted by molar-refractivity contribution is 8.13. The van der Waals surface area contributed by atoms with Crippen LogP contribution in [0.5, 0.6) is 0 Å². The van der Waals surface area contributed by atoms with Gasteiger partial charge in [-0.15, -0.1) is 0 Å². The molecule has 0 aliphatic carbocycles. The molecule has 0 aromatic rings. The SMILES string of the molecule is CCCCCCCCCCCCC(=O)O[C@H](CO)COC(=O)CCCCCCCCCCCCCSC(C)=O. The van der Waals surface area contributed by atoms with Gasteiger partial charge in [-0.2, -0.15) is 0 Å². The zero-order valence-electron chi connectivity index (χ0n) is 25.4. The van der Waals surface area contributed by atoms with E-state index in [9.17, 15) is 19.5 Å². The molecule has 230 valence electrons. The summed E-state index contributed by atoms with van der Waals surface area (Å²) in [6.07, 6.45) is 24.9. The van der Waals surface area contributed by atoms with E-state index in [4.69, 9.17) is 9.47 Å². The van der Waals surface area contributed by atoms with Gasteiger partial charge in [-0.1, -0.05) is 134 Å². The Morgan fingerprint density at radius 3 is 1.46 bits per heavy atom. The average molecular weight is 573 g/mol. The molecular weight excluding hydrogens is 512 g/mol. The highest BCUT2D eigenvalue weighted by Gasteiger charge is 2.16. The van der Waals surface area contributed by atoms with E-state index in [1.54, 1.807) is 6.92 Å². The number of hydrogen-bond donors (Lipinski definition) is 1. The van der Waals surface area contributed by atoms with Crippen LogP contribution in [0.15, 0.2) is 0 Å². The topological polar surface area (TPSA) is 89.9 Å². The molecule has 0 heterocycles. The Balaban J connectivity index is 3.53. The van der Waals surface area contributed by atoms with Crippen LogP contribution in [0.4, 0.5) is 0 Å². The van der Waals surface area contributed by atoms with Gasteiger partial charge in [0.25, 0.3) is 0 Å². The largest absolute Gasteiger partial charge is 0.462 e. The van der Waals surface area contributed by atoms with Crippen LogP contribution in [0, 0.1) is 0 Å². The number of ether oxygens (including phenoxy) is 2. The molecule has 39 heavy (non-hydrogen) atoms. The zero-order valence-corrected chi connectivity index (χ0v) is 26.2. The molecule has 1 N–H and O–H groups in total. The van der Waals surface area contributed by atoms with Crippen molar-refractivity contribution in [1.82, 2.24) is 0 Å². The summed E-state index contributed by atoms with van der Waals surface area (Å²) in [6, 6.07) is 0. The maximum atomic E-state index is 12.0. The molecule has 0 saturated heterocycles. The first-order chi connectivity index (χ1) is 19.0. The summed E-state index contributed by atoms with van der Waals surface area (Å²) < 4.78 is 10.5. The molecule has 0 spiro atoms. The highest BCUT2D eigenvalue weighted by Crippen LogP contribution is 2.14. The van der Waals surface area contributed by atoms with E-state index in [1.165, 1.54) is 102 Å². The number of unbranched alkanes of at least 4 members (excludes halogenated alkanes) is 19. The third-order valence-electron chi connectivity index (χ3n) is 7.00. The molecule has 0 fully saturated rings. The van der Waals surface area contributed by atoms with Gasteiger partial charge in [-0.05, 0) is 19.3 Å². The fraction of sp³-hybridized carbons (Fsp3) is 0.906. The summed E-state index contributed by atoms with van der Waals surface area (Å²) in [5.74, 6) is 0.340. The first kappa shape index (κ1) is 37.9. The second-order valence-corrected chi connectivity index (χ2v) is 12.2. The zero-order chi connectivity index (χ0) is 28.8. The molecule has 0 rings (SSSR count). The number of rotatable bonds is 29. The Morgan fingerprint density at radius 1 is 0.615 bits per heavy atom. The summed E-state index contributed by atoms with van der Waals surface area (Å²) in [4.78, 5) is 34.9. The van der Waals surface area contributed by atoms with E-state index in [0.29, 0.717) is 12.8 Å². The van der Waals surface area contributed by atoms with Crippen molar-refractivity contribution >= 4 is 28.8 Å². The van der Waals surface area contributed by atoms with Gasteiger partial charge in [0.05, 0.1) is 6.61 Å². The summed E-state index contributed by atoms with van der Waals surface area (Å²) in [7, 11) is 0. The molecular formula is C32H60O6S. The lowest BCUT2D eigenvalue weighted by Crippen LogP contribution is -2.28. The maximum Gasteiger partial charge on any atom is 0.306 e. The molecule has 0 amide bonds. The van der Waals surface area contributed by atoms with Gasteiger partial charge in [-0.25, -0.2) is 0 Å². The number of hydrogen-bond acceptors (Lipinski definition) is 7. The predicted octanol–water partition coefficient (Wildman–Crippen LogP) is 8.71. The van der Waals surface area contributed by atoms with Crippen LogP contribution >= 0.6 is 11.8 Å². The minimum atomic E-state index is -0.774. The van der Waals surface area contributed by atoms with E-state index < -0.39 is 6.10 Å². The van der Waals surface area contributed by atoms with Gasteiger partial charge < -0.3 is 14.6 Å². The smallest absolute Gasteiger partial charge is 0.306 e. The van der Waals surface area contributed by atoms with Gasteiger partial charge in [0.2, 0.25) is 0 Å². The van der Waals surface area contributed by atoms with Crippen LogP contribution in [0.3, 0.4) is 0 Å². The molecule has 0 bridgehead atoms. The second kappa shape index (κ2) is 29.9. The number of thioether (sulfide) groups is 1. The summed E-state index contributed by atoms with van der Waals surface area (Å²) in [6.45, 7) is 3.45. The van der Waals surface area contributed by atoms with Gasteiger partial charge in [0.15, 0.2) is 11.2 Å². The monoisotopic (exact) mass is 572 g/mol. The molecule has 0 radical (unpaired) electrons. The quantitative estimate of drug-likeness (QED) is 0.0708. The van der Waals surface area contributed by atoms with Crippen LogP contribution in [-0.2, 0) is 23.9 Å². The molecule has 0 aromatic heterocycles. The minimum absolute atomic E-state index is 0.0747. The van der Waals surface area contributed by atoms with Gasteiger partial charge in [0.1, 0.15) is 6.61 Å². The van der Waals surface area contributed by atoms with Crippen molar-refractivity contribution in [2.45, 2.75) is 168 Å². The summed E-state index contributed by atoms with van der Waals surface area (Å²) >= 11 is 1.43. The third kappa shape index (κ3) is 29.7. The molecule has 6 nitrogen and oxygen atoms in total. The van der Waals surface area contributed by atoms with Gasteiger partial charge in [-0.3, -0.25) is 14.4 Å². The fourth-order valence-corrected chi connectivity index (χ4v) is 5.20. The van der Waals surface area contributed by atoms with E-state index in [1.807, 2.05) is 0 Å². The predicted molar refractivity (Wildman–Crippen MR) is 163 cm³/mol. The molecule has 0 saturated carbocycles. The van der Waals surface area contributed by atoms with Gasteiger partial charge in [0, 0.05) is 25.5 Å². The minimum Gasteiger partial charge on any atom is -0.462 e.